The van der Waals surface area contributed by atoms with Crippen LogP contribution in [0.5, 0.6) is 17.2 Å². The van der Waals surface area contributed by atoms with Crippen molar-refractivity contribution in [3.05, 3.63) is 53.1 Å². The first-order valence-electron chi connectivity index (χ1n) is 13.1. The molecule has 0 aromatic heterocycles. The summed E-state index contributed by atoms with van der Waals surface area (Å²) in [6.45, 7) is 9.34. The van der Waals surface area contributed by atoms with Gasteiger partial charge in [-0.2, -0.15) is 0 Å². The van der Waals surface area contributed by atoms with Crippen molar-refractivity contribution in [2.24, 2.45) is 0 Å². The maximum absolute atomic E-state index is 13.2. The first kappa shape index (κ1) is 25.9. The third kappa shape index (κ3) is 6.50. The smallest absolute Gasteiger partial charge is 0.260 e. The Kier molecular flexibility index (Phi) is 8.73. The summed E-state index contributed by atoms with van der Waals surface area (Å²) in [4.78, 5) is 29.4. The van der Waals surface area contributed by atoms with Crippen LogP contribution in [0.1, 0.15) is 60.5 Å². The molecule has 2 saturated heterocycles. The topological polar surface area (TPSA) is 68.3 Å². The highest BCUT2D eigenvalue weighted by Gasteiger charge is 2.26. The van der Waals surface area contributed by atoms with Gasteiger partial charge in [0.25, 0.3) is 11.8 Å². The summed E-state index contributed by atoms with van der Waals surface area (Å²) >= 11 is 0. The summed E-state index contributed by atoms with van der Waals surface area (Å²) < 4.78 is 17.7. The van der Waals surface area contributed by atoms with Gasteiger partial charge < -0.3 is 24.0 Å². The highest BCUT2D eigenvalue weighted by molar-refractivity contribution is 5.95. The van der Waals surface area contributed by atoms with E-state index >= 15 is 0 Å². The Labute approximate surface area is 214 Å². The van der Waals surface area contributed by atoms with Gasteiger partial charge in [-0.1, -0.05) is 6.07 Å². The number of carbonyl (C=O) groups excluding carboxylic acids is 2. The van der Waals surface area contributed by atoms with E-state index in [4.69, 9.17) is 14.2 Å². The summed E-state index contributed by atoms with van der Waals surface area (Å²) in [5.74, 6) is 1.82. The molecule has 7 nitrogen and oxygen atoms in total. The van der Waals surface area contributed by atoms with E-state index in [2.05, 4.69) is 26.0 Å². The number of hydrogen-bond donors (Lipinski definition) is 0. The van der Waals surface area contributed by atoms with Gasteiger partial charge in [-0.25, -0.2) is 0 Å². The van der Waals surface area contributed by atoms with Gasteiger partial charge in [0.05, 0.1) is 6.61 Å². The lowest BCUT2D eigenvalue weighted by Crippen LogP contribution is -2.41. The Hall–Kier alpha value is -3.22. The molecule has 2 heterocycles. The quantitative estimate of drug-likeness (QED) is 0.529. The zero-order valence-corrected chi connectivity index (χ0v) is 21.8. The second-order valence-corrected chi connectivity index (χ2v) is 9.68. The number of benzene rings is 2. The van der Waals surface area contributed by atoms with Gasteiger partial charge in [-0.05, 0) is 81.5 Å². The van der Waals surface area contributed by atoms with E-state index in [0.29, 0.717) is 36.8 Å². The van der Waals surface area contributed by atoms with E-state index in [1.54, 1.807) is 18.2 Å². The van der Waals surface area contributed by atoms with Gasteiger partial charge >= 0.3 is 0 Å². The number of piperidine rings is 2. The number of rotatable bonds is 8. The van der Waals surface area contributed by atoms with Gasteiger partial charge in [0.2, 0.25) is 0 Å². The number of likely N-dealkylation sites (tertiary alicyclic amines) is 2. The monoisotopic (exact) mass is 494 g/mol. The lowest BCUT2D eigenvalue weighted by Gasteiger charge is -2.32. The van der Waals surface area contributed by atoms with Crippen LogP contribution >= 0.6 is 0 Å². The van der Waals surface area contributed by atoms with Gasteiger partial charge in [0.1, 0.15) is 11.9 Å². The fraction of sp³-hybridized carbons (Fsp3) is 0.517. The molecule has 2 amide bonds. The first-order valence-corrected chi connectivity index (χ1v) is 13.1. The first-order chi connectivity index (χ1) is 17.4. The van der Waals surface area contributed by atoms with Crippen LogP contribution in [-0.2, 0) is 4.79 Å². The summed E-state index contributed by atoms with van der Waals surface area (Å²) in [5, 5.41) is 0. The minimum atomic E-state index is -0.0310. The third-order valence-electron chi connectivity index (χ3n) is 7.06. The average molecular weight is 495 g/mol. The van der Waals surface area contributed by atoms with Gasteiger partial charge in [0, 0.05) is 44.6 Å². The van der Waals surface area contributed by atoms with Crippen molar-refractivity contribution in [2.45, 2.75) is 59.0 Å². The maximum Gasteiger partial charge on any atom is 0.260 e. The molecular formula is C29H38N2O5. The molecule has 2 aliphatic rings. The van der Waals surface area contributed by atoms with Crippen LogP contribution in [0, 0.1) is 13.8 Å². The molecule has 2 aromatic carbocycles. The standard InChI is InChI=1S/C29H38N2O5/c1-4-34-27-19-23(9-11-26(27)35-20-28(32)30-14-6-5-7-15-30)29(33)31-16-12-24(13-17-31)36-25-10-8-21(2)22(3)18-25/h8-11,18-19,24H,4-7,12-17,20H2,1-3H3. The number of ether oxygens (including phenoxy) is 3. The molecule has 2 aliphatic heterocycles. The molecule has 0 spiro atoms. The molecule has 2 aromatic rings. The van der Waals surface area contributed by atoms with Crippen molar-refractivity contribution in [1.29, 1.82) is 0 Å². The van der Waals surface area contributed by atoms with Gasteiger partial charge in [-0.15, -0.1) is 0 Å². The summed E-state index contributed by atoms with van der Waals surface area (Å²) in [6.07, 6.45) is 4.94. The molecular weight excluding hydrogens is 456 g/mol. The average Bonchev–Trinajstić information content (AvgIpc) is 2.90. The Bertz CT molecular complexity index is 1060. The van der Waals surface area contributed by atoms with Crippen LogP contribution in [-0.4, -0.2) is 67.1 Å². The van der Waals surface area contributed by atoms with Crippen LogP contribution in [0.25, 0.3) is 0 Å². The summed E-state index contributed by atoms with van der Waals surface area (Å²) in [7, 11) is 0. The van der Waals surface area contributed by atoms with E-state index in [1.807, 2.05) is 22.8 Å². The van der Waals surface area contributed by atoms with Crippen molar-refractivity contribution in [3.63, 3.8) is 0 Å². The van der Waals surface area contributed by atoms with E-state index in [1.165, 1.54) is 17.5 Å². The Morgan fingerprint density at radius 2 is 1.58 bits per heavy atom. The maximum atomic E-state index is 13.2. The number of nitrogens with zero attached hydrogens (tertiary/aromatic N) is 2. The van der Waals surface area contributed by atoms with Crippen LogP contribution in [0.4, 0.5) is 0 Å². The molecule has 0 N–H and O–H groups in total. The third-order valence-corrected chi connectivity index (χ3v) is 7.06. The fourth-order valence-corrected chi connectivity index (χ4v) is 4.74. The van der Waals surface area contributed by atoms with Crippen LogP contribution in [0.3, 0.4) is 0 Å². The van der Waals surface area contributed by atoms with E-state index in [0.717, 1.165) is 44.5 Å². The highest BCUT2D eigenvalue weighted by atomic mass is 16.5. The largest absolute Gasteiger partial charge is 0.490 e. The van der Waals surface area contributed by atoms with E-state index in [9.17, 15) is 9.59 Å². The number of carbonyl (C=O) groups is 2. The van der Waals surface area contributed by atoms with Crippen molar-refractivity contribution in [1.82, 2.24) is 9.80 Å². The normalized spacial score (nSPS) is 16.5. The second-order valence-electron chi connectivity index (χ2n) is 9.68. The molecule has 2 fully saturated rings. The molecule has 36 heavy (non-hydrogen) atoms. The predicted octanol–water partition coefficient (Wildman–Crippen LogP) is 4.78. The highest BCUT2D eigenvalue weighted by Crippen LogP contribution is 2.30. The molecule has 0 unspecified atom stereocenters. The van der Waals surface area contributed by atoms with Gasteiger partial charge in [-0.3, -0.25) is 9.59 Å². The molecule has 0 saturated carbocycles. The van der Waals surface area contributed by atoms with Crippen LogP contribution in [0.2, 0.25) is 0 Å². The van der Waals surface area contributed by atoms with Crippen molar-refractivity contribution < 1.29 is 23.8 Å². The zero-order chi connectivity index (χ0) is 25.5. The Balaban J connectivity index is 1.33. The summed E-state index contributed by atoms with van der Waals surface area (Å²) in [5.41, 5.74) is 3.02. The number of amides is 2. The van der Waals surface area contributed by atoms with Crippen molar-refractivity contribution >= 4 is 11.8 Å². The molecule has 0 aliphatic carbocycles. The molecule has 0 atom stereocenters. The van der Waals surface area contributed by atoms with Crippen molar-refractivity contribution in [2.75, 3.05) is 39.4 Å². The number of hydrogen-bond acceptors (Lipinski definition) is 5. The van der Waals surface area contributed by atoms with E-state index in [-0.39, 0.29) is 24.5 Å². The fourth-order valence-electron chi connectivity index (χ4n) is 4.74. The lowest BCUT2D eigenvalue weighted by atomic mass is 10.1. The SMILES string of the molecule is CCOc1cc(C(=O)N2CCC(Oc3ccc(C)c(C)c3)CC2)ccc1OCC(=O)N1CCCCC1. The molecule has 194 valence electrons. The zero-order valence-electron chi connectivity index (χ0n) is 21.8. The minimum absolute atomic E-state index is 0.0109. The lowest BCUT2D eigenvalue weighted by molar-refractivity contribution is -0.134. The minimum Gasteiger partial charge on any atom is -0.490 e. The van der Waals surface area contributed by atoms with Gasteiger partial charge in [0.15, 0.2) is 18.1 Å². The molecule has 0 radical (unpaired) electrons. The Morgan fingerprint density at radius 3 is 2.28 bits per heavy atom. The number of aryl methyl sites for hydroxylation is 2. The predicted molar refractivity (Wildman–Crippen MR) is 139 cm³/mol. The Morgan fingerprint density at radius 1 is 0.833 bits per heavy atom. The van der Waals surface area contributed by atoms with Crippen LogP contribution < -0.4 is 14.2 Å². The second kappa shape index (κ2) is 12.2. The summed E-state index contributed by atoms with van der Waals surface area (Å²) in [6, 6.07) is 11.4. The van der Waals surface area contributed by atoms with Crippen LogP contribution in [0.15, 0.2) is 36.4 Å². The van der Waals surface area contributed by atoms with E-state index < -0.39 is 0 Å². The van der Waals surface area contributed by atoms with Crippen molar-refractivity contribution in [3.8, 4) is 17.2 Å². The molecule has 0 bridgehead atoms. The molecule has 7 heteroatoms. The molecule has 4 rings (SSSR count).